The summed E-state index contributed by atoms with van der Waals surface area (Å²) in [4.78, 5) is 0. The molecule has 20 heavy (non-hydrogen) atoms. The first-order valence-corrected chi connectivity index (χ1v) is 7.82. The summed E-state index contributed by atoms with van der Waals surface area (Å²) in [6.45, 7) is 3.78. The highest BCUT2D eigenvalue weighted by molar-refractivity contribution is 9.10. The maximum Gasteiger partial charge on any atom is 0.212 e. The van der Waals surface area contributed by atoms with E-state index in [9.17, 15) is 5.11 Å². The van der Waals surface area contributed by atoms with Crippen molar-refractivity contribution in [2.75, 3.05) is 0 Å². The van der Waals surface area contributed by atoms with Crippen molar-refractivity contribution in [3.63, 3.8) is 0 Å². The van der Waals surface area contributed by atoms with Crippen LogP contribution in [-0.2, 0) is 0 Å². The zero-order valence-corrected chi connectivity index (χ0v) is 13.4. The van der Waals surface area contributed by atoms with Gasteiger partial charge in [0.15, 0.2) is 5.82 Å². The Balaban J connectivity index is 1.95. The maximum absolute atomic E-state index is 10.6. The van der Waals surface area contributed by atoms with Crippen molar-refractivity contribution in [3.05, 3.63) is 40.1 Å². The van der Waals surface area contributed by atoms with Gasteiger partial charge in [-0.05, 0) is 25.5 Å². The van der Waals surface area contributed by atoms with Gasteiger partial charge in [-0.1, -0.05) is 45.9 Å². The highest BCUT2D eigenvalue weighted by atomic mass is 79.9. The Hall–Kier alpha value is -1.18. The van der Waals surface area contributed by atoms with Crippen LogP contribution in [0.1, 0.15) is 24.4 Å². The first-order chi connectivity index (χ1) is 9.58. The highest BCUT2D eigenvalue weighted by Gasteiger charge is 2.31. The minimum atomic E-state index is -0.648. The number of aromatic nitrogens is 3. The molecule has 2 heterocycles. The third kappa shape index (κ3) is 2.30. The van der Waals surface area contributed by atoms with E-state index in [2.05, 4.69) is 31.2 Å². The molecule has 5 nitrogen and oxygen atoms in total. The van der Waals surface area contributed by atoms with Crippen molar-refractivity contribution in [3.8, 4) is 0 Å². The lowest BCUT2D eigenvalue weighted by Crippen LogP contribution is -2.27. The average Bonchev–Trinajstić information content (AvgIpc) is 2.79. The molecule has 0 radical (unpaired) electrons. The van der Waals surface area contributed by atoms with Gasteiger partial charge in [-0.15, -0.1) is 10.2 Å². The van der Waals surface area contributed by atoms with Crippen LogP contribution in [0.3, 0.4) is 0 Å². The van der Waals surface area contributed by atoms with Gasteiger partial charge in [0.05, 0.1) is 17.1 Å². The Morgan fingerprint density at radius 1 is 1.30 bits per heavy atom. The largest absolute Gasteiger partial charge is 0.387 e. The van der Waals surface area contributed by atoms with Crippen LogP contribution in [0.4, 0.5) is 0 Å². The fourth-order valence-corrected chi connectivity index (χ4v) is 3.71. The van der Waals surface area contributed by atoms with Crippen LogP contribution < -0.4 is 0 Å². The number of fused-ring (bicyclic) bond motifs is 1. The van der Waals surface area contributed by atoms with E-state index in [1.54, 1.807) is 4.68 Å². The molecule has 0 spiro atoms. The van der Waals surface area contributed by atoms with Gasteiger partial charge in [-0.3, -0.25) is 0 Å². The number of hydrogen-bond acceptors (Lipinski definition) is 5. The molecule has 1 aromatic carbocycles. The topological polar surface area (TPSA) is 63.3 Å². The third-order valence-electron chi connectivity index (χ3n) is 3.18. The van der Waals surface area contributed by atoms with Crippen LogP contribution in [0, 0.1) is 6.92 Å². The Morgan fingerprint density at radius 2 is 2.05 bits per heavy atom. The Labute approximate surface area is 129 Å². The summed E-state index contributed by atoms with van der Waals surface area (Å²) in [6, 6.07) is 7.67. The number of aliphatic hydroxyl groups excluding tert-OH is 1. The molecule has 3 rings (SSSR count). The smallest absolute Gasteiger partial charge is 0.212 e. The van der Waals surface area contributed by atoms with E-state index in [1.165, 1.54) is 11.8 Å². The lowest BCUT2D eigenvalue weighted by atomic mass is 10.0. The highest BCUT2D eigenvalue weighted by Crippen LogP contribution is 2.37. The summed E-state index contributed by atoms with van der Waals surface area (Å²) >= 11 is 4.96. The molecule has 104 valence electrons. The third-order valence-corrected chi connectivity index (χ3v) is 5.22. The molecular weight excluding hydrogens is 340 g/mol. The van der Waals surface area contributed by atoms with Gasteiger partial charge >= 0.3 is 0 Å². The lowest BCUT2D eigenvalue weighted by molar-refractivity contribution is 0.189. The summed E-state index contributed by atoms with van der Waals surface area (Å²) < 4.78 is 2.60. The molecule has 0 unspecified atom stereocenters. The van der Waals surface area contributed by atoms with Crippen molar-refractivity contribution in [2.45, 2.75) is 30.4 Å². The number of nitrogens with zero attached hydrogens (tertiary/aromatic N) is 4. The van der Waals surface area contributed by atoms with Crippen LogP contribution in [0.5, 0.6) is 0 Å². The number of halogens is 1. The van der Waals surface area contributed by atoms with E-state index in [1.807, 2.05) is 38.1 Å². The SMILES string of the molecule is CC1=Nn2c(C)nnc2S[C@H]1[C@@H](O)c1ccccc1Br. The minimum Gasteiger partial charge on any atom is -0.387 e. The predicted octanol–water partition coefficient (Wildman–Crippen LogP) is 2.78. The summed E-state index contributed by atoms with van der Waals surface area (Å²) in [6.07, 6.45) is -0.648. The number of thioether (sulfide) groups is 1. The number of aliphatic hydroxyl groups is 1. The molecule has 0 saturated carbocycles. The van der Waals surface area contributed by atoms with Gasteiger partial charge in [0.2, 0.25) is 5.16 Å². The van der Waals surface area contributed by atoms with Crippen LogP contribution in [0.15, 0.2) is 39.0 Å². The fraction of sp³-hybridized carbons (Fsp3) is 0.308. The van der Waals surface area contributed by atoms with Crippen molar-refractivity contribution < 1.29 is 5.11 Å². The molecule has 0 bridgehead atoms. The predicted molar refractivity (Wildman–Crippen MR) is 82.0 cm³/mol. The standard InChI is InChI=1S/C13H13BrN4OS/c1-7-12(11(19)9-5-3-4-6-10(9)14)20-13-16-15-8(2)18(13)17-7/h3-6,11-12,19H,1-2H3/t11-,12+/m0/s1. The Kier molecular flexibility index (Phi) is 3.66. The monoisotopic (exact) mass is 352 g/mol. The van der Waals surface area contributed by atoms with Gasteiger partial charge in [0.25, 0.3) is 0 Å². The van der Waals surface area contributed by atoms with E-state index in [0.29, 0.717) is 5.16 Å². The normalized spacial score (nSPS) is 19.4. The minimum absolute atomic E-state index is 0.162. The summed E-state index contributed by atoms with van der Waals surface area (Å²) in [5.74, 6) is 0.751. The molecule has 2 aromatic rings. The van der Waals surface area contributed by atoms with Crippen molar-refractivity contribution in [1.29, 1.82) is 0 Å². The van der Waals surface area contributed by atoms with Crippen LogP contribution in [-0.4, -0.2) is 30.9 Å². The molecule has 2 atom stereocenters. The number of hydrogen-bond donors (Lipinski definition) is 1. The van der Waals surface area contributed by atoms with E-state index >= 15 is 0 Å². The van der Waals surface area contributed by atoms with Crippen molar-refractivity contribution in [1.82, 2.24) is 14.9 Å². The Morgan fingerprint density at radius 3 is 2.80 bits per heavy atom. The quantitative estimate of drug-likeness (QED) is 0.902. The van der Waals surface area contributed by atoms with Crippen molar-refractivity contribution >= 4 is 33.4 Å². The Bertz CT molecular complexity index is 685. The molecule has 0 fully saturated rings. The number of rotatable bonds is 2. The van der Waals surface area contributed by atoms with Crippen LogP contribution in [0.2, 0.25) is 0 Å². The van der Waals surface area contributed by atoms with E-state index in [4.69, 9.17) is 0 Å². The maximum atomic E-state index is 10.6. The van der Waals surface area contributed by atoms with Crippen LogP contribution in [0.25, 0.3) is 0 Å². The van der Waals surface area contributed by atoms with Crippen molar-refractivity contribution in [2.24, 2.45) is 5.10 Å². The van der Waals surface area contributed by atoms with Gasteiger partial charge in [0.1, 0.15) is 0 Å². The number of benzene rings is 1. The molecule has 1 aliphatic rings. The first kappa shape index (κ1) is 13.8. The van der Waals surface area contributed by atoms with Gasteiger partial charge in [-0.2, -0.15) is 9.78 Å². The number of aryl methyl sites for hydroxylation is 1. The molecular formula is C13H13BrN4OS. The molecule has 0 amide bonds. The average molecular weight is 353 g/mol. The molecule has 0 saturated heterocycles. The molecule has 0 aliphatic carbocycles. The zero-order chi connectivity index (χ0) is 14.3. The first-order valence-electron chi connectivity index (χ1n) is 6.14. The fourth-order valence-electron chi connectivity index (χ4n) is 2.11. The van der Waals surface area contributed by atoms with Gasteiger partial charge < -0.3 is 5.11 Å². The molecule has 1 aliphatic heterocycles. The van der Waals surface area contributed by atoms with E-state index in [-0.39, 0.29) is 5.25 Å². The molecule has 1 aromatic heterocycles. The molecule has 7 heteroatoms. The second-order valence-electron chi connectivity index (χ2n) is 4.59. The van der Waals surface area contributed by atoms with Gasteiger partial charge in [-0.25, -0.2) is 0 Å². The summed E-state index contributed by atoms with van der Waals surface area (Å²) in [5, 5.41) is 23.8. The second-order valence-corrected chi connectivity index (χ2v) is 6.55. The van der Waals surface area contributed by atoms with E-state index in [0.717, 1.165) is 21.6 Å². The van der Waals surface area contributed by atoms with E-state index < -0.39 is 6.10 Å². The van der Waals surface area contributed by atoms with Crippen LogP contribution >= 0.6 is 27.7 Å². The van der Waals surface area contributed by atoms with Gasteiger partial charge in [0, 0.05) is 4.47 Å². The zero-order valence-electron chi connectivity index (χ0n) is 11.0. The second kappa shape index (κ2) is 5.31. The molecule has 1 N–H and O–H groups in total. The summed E-state index contributed by atoms with van der Waals surface area (Å²) in [5.41, 5.74) is 1.71. The summed E-state index contributed by atoms with van der Waals surface area (Å²) in [7, 11) is 0. The lowest BCUT2D eigenvalue weighted by Gasteiger charge is -2.25.